The standard InChI is InChI=1S/C12H16FNO2/c1-2-12(8-14,11(15)16)7-9-5-3-4-6-10(9)13/h3-6H,2,7-8,14H2,1H3,(H,15,16). The number of carboxylic acid groups (broad SMARTS) is 1. The van der Waals surface area contributed by atoms with Gasteiger partial charge < -0.3 is 10.8 Å². The van der Waals surface area contributed by atoms with Crippen LogP contribution in [-0.2, 0) is 11.2 Å². The number of hydrogen-bond donors (Lipinski definition) is 2. The minimum atomic E-state index is -1.07. The number of rotatable bonds is 5. The molecule has 0 radical (unpaired) electrons. The second kappa shape index (κ2) is 5.07. The maximum absolute atomic E-state index is 13.4. The molecule has 0 aliphatic carbocycles. The van der Waals surface area contributed by atoms with E-state index in [9.17, 15) is 14.3 Å². The molecule has 0 saturated carbocycles. The molecule has 4 heteroatoms. The smallest absolute Gasteiger partial charge is 0.311 e. The van der Waals surface area contributed by atoms with E-state index in [-0.39, 0.29) is 18.8 Å². The summed E-state index contributed by atoms with van der Waals surface area (Å²) in [6.45, 7) is 1.76. The fraction of sp³-hybridized carbons (Fsp3) is 0.417. The molecule has 0 saturated heterocycles. The molecule has 0 aromatic heterocycles. The van der Waals surface area contributed by atoms with Crippen LogP contribution < -0.4 is 5.73 Å². The van der Waals surface area contributed by atoms with Gasteiger partial charge in [0.15, 0.2) is 0 Å². The number of benzene rings is 1. The maximum Gasteiger partial charge on any atom is 0.311 e. The molecular weight excluding hydrogens is 209 g/mol. The van der Waals surface area contributed by atoms with Crippen LogP contribution >= 0.6 is 0 Å². The molecule has 3 nitrogen and oxygen atoms in total. The lowest BCUT2D eigenvalue weighted by Crippen LogP contribution is -2.40. The van der Waals surface area contributed by atoms with Crippen molar-refractivity contribution < 1.29 is 14.3 Å². The largest absolute Gasteiger partial charge is 0.481 e. The average molecular weight is 225 g/mol. The van der Waals surface area contributed by atoms with E-state index in [0.717, 1.165) is 0 Å². The van der Waals surface area contributed by atoms with Gasteiger partial charge in [0.1, 0.15) is 5.82 Å². The Bertz CT molecular complexity index is 375. The van der Waals surface area contributed by atoms with Crippen LogP contribution in [0, 0.1) is 11.2 Å². The van der Waals surface area contributed by atoms with Crippen molar-refractivity contribution >= 4 is 5.97 Å². The zero-order valence-corrected chi connectivity index (χ0v) is 9.24. The molecule has 1 aromatic carbocycles. The SMILES string of the molecule is CCC(CN)(Cc1ccccc1F)C(=O)O. The Morgan fingerprint density at radius 2 is 2.12 bits per heavy atom. The molecule has 0 spiro atoms. The molecule has 1 unspecified atom stereocenters. The van der Waals surface area contributed by atoms with Crippen LogP contribution in [-0.4, -0.2) is 17.6 Å². The lowest BCUT2D eigenvalue weighted by atomic mass is 9.79. The van der Waals surface area contributed by atoms with Crippen molar-refractivity contribution in [1.82, 2.24) is 0 Å². The van der Waals surface area contributed by atoms with Gasteiger partial charge in [-0.15, -0.1) is 0 Å². The number of aliphatic carboxylic acids is 1. The van der Waals surface area contributed by atoms with Crippen LogP contribution in [0.25, 0.3) is 0 Å². The quantitative estimate of drug-likeness (QED) is 0.803. The summed E-state index contributed by atoms with van der Waals surface area (Å²) in [5, 5.41) is 9.17. The third kappa shape index (κ3) is 2.39. The van der Waals surface area contributed by atoms with Crippen LogP contribution in [0.1, 0.15) is 18.9 Å². The van der Waals surface area contributed by atoms with Gasteiger partial charge in [0.25, 0.3) is 0 Å². The monoisotopic (exact) mass is 225 g/mol. The Balaban J connectivity index is 3.01. The molecule has 1 aromatic rings. The summed E-state index contributed by atoms with van der Waals surface area (Å²) in [6.07, 6.45) is 0.509. The summed E-state index contributed by atoms with van der Waals surface area (Å²) in [5.41, 5.74) is 4.85. The molecular formula is C12H16FNO2. The van der Waals surface area contributed by atoms with Gasteiger partial charge in [0, 0.05) is 6.54 Å². The van der Waals surface area contributed by atoms with Gasteiger partial charge in [0.05, 0.1) is 5.41 Å². The van der Waals surface area contributed by atoms with Crippen LogP contribution in [0.2, 0.25) is 0 Å². The minimum absolute atomic E-state index is 0.00711. The van der Waals surface area contributed by atoms with Crippen molar-refractivity contribution in [3.05, 3.63) is 35.6 Å². The Morgan fingerprint density at radius 3 is 2.56 bits per heavy atom. The molecule has 0 aliphatic rings. The van der Waals surface area contributed by atoms with Crippen molar-refractivity contribution in [3.8, 4) is 0 Å². The molecule has 0 amide bonds. The Morgan fingerprint density at radius 1 is 1.50 bits per heavy atom. The van der Waals surface area contributed by atoms with E-state index in [0.29, 0.717) is 12.0 Å². The van der Waals surface area contributed by atoms with E-state index < -0.39 is 11.4 Å². The first-order valence-corrected chi connectivity index (χ1v) is 5.22. The predicted molar refractivity (Wildman–Crippen MR) is 59.5 cm³/mol. The predicted octanol–water partition coefficient (Wildman–Crippen LogP) is 1.81. The van der Waals surface area contributed by atoms with Gasteiger partial charge in [0.2, 0.25) is 0 Å². The highest BCUT2D eigenvalue weighted by Gasteiger charge is 2.36. The Labute approximate surface area is 94.1 Å². The van der Waals surface area contributed by atoms with Crippen LogP contribution in [0.15, 0.2) is 24.3 Å². The molecule has 16 heavy (non-hydrogen) atoms. The first kappa shape index (κ1) is 12.6. The number of halogens is 1. The molecule has 0 bridgehead atoms. The van der Waals surface area contributed by atoms with Gasteiger partial charge in [-0.25, -0.2) is 4.39 Å². The summed E-state index contributed by atoms with van der Waals surface area (Å²) >= 11 is 0. The molecule has 0 heterocycles. The Hall–Kier alpha value is -1.42. The summed E-state index contributed by atoms with van der Waals surface area (Å²) < 4.78 is 13.4. The molecule has 0 aliphatic heterocycles. The summed E-state index contributed by atoms with van der Waals surface area (Å²) in [7, 11) is 0. The lowest BCUT2D eigenvalue weighted by molar-refractivity contribution is -0.148. The highest BCUT2D eigenvalue weighted by Crippen LogP contribution is 2.27. The van der Waals surface area contributed by atoms with Gasteiger partial charge in [-0.05, 0) is 24.5 Å². The number of nitrogens with two attached hydrogens (primary N) is 1. The fourth-order valence-electron chi connectivity index (χ4n) is 1.66. The lowest BCUT2D eigenvalue weighted by Gasteiger charge is -2.26. The zero-order chi connectivity index (χ0) is 12.2. The van der Waals surface area contributed by atoms with E-state index in [1.165, 1.54) is 6.07 Å². The van der Waals surface area contributed by atoms with Crippen molar-refractivity contribution in [3.63, 3.8) is 0 Å². The van der Waals surface area contributed by atoms with Gasteiger partial charge in [-0.2, -0.15) is 0 Å². The third-order valence-electron chi connectivity index (χ3n) is 3.01. The topological polar surface area (TPSA) is 63.3 Å². The molecule has 0 fully saturated rings. The number of carboxylic acids is 1. The van der Waals surface area contributed by atoms with E-state index >= 15 is 0 Å². The van der Waals surface area contributed by atoms with Gasteiger partial charge in [-0.1, -0.05) is 25.1 Å². The van der Waals surface area contributed by atoms with Crippen molar-refractivity contribution in [1.29, 1.82) is 0 Å². The minimum Gasteiger partial charge on any atom is -0.481 e. The average Bonchev–Trinajstić information content (AvgIpc) is 2.28. The van der Waals surface area contributed by atoms with Gasteiger partial charge in [-0.3, -0.25) is 4.79 Å². The maximum atomic E-state index is 13.4. The fourth-order valence-corrected chi connectivity index (χ4v) is 1.66. The first-order chi connectivity index (χ1) is 7.55. The highest BCUT2D eigenvalue weighted by atomic mass is 19.1. The highest BCUT2D eigenvalue weighted by molar-refractivity contribution is 5.75. The van der Waals surface area contributed by atoms with E-state index in [1.807, 2.05) is 0 Å². The van der Waals surface area contributed by atoms with Crippen molar-refractivity contribution in [2.45, 2.75) is 19.8 Å². The molecule has 3 N–H and O–H groups in total. The van der Waals surface area contributed by atoms with E-state index in [4.69, 9.17) is 5.73 Å². The molecule has 1 atom stereocenters. The third-order valence-corrected chi connectivity index (χ3v) is 3.01. The molecule has 1 rings (SSSR count). The van der Waals surface area contributed by atoms with Crippen molar-refractivity contribution in [2.24, 2.45) is 11.1 Å². The second-order valence-corrected chi connectivity index (χ2v) is 3.91. The second-order valence-electron chi connectivity index (χ2n) is 3.91. The number of carbonyl (C=O) groups is 1. The van der Waals surface area contributed by atoms with E-state index in [2.05, 4.69) is 0 Å². The van der Waals surface area contributed by atoms with Crippen LogP contribution in [0.4, 0.5) is 4.39 Å². The Kier molecular flexibility index (Phi) is 4.01. The first-order valence-electron chi connectivity index (χ1n) is 5.22. The summed E-state index contributed by atoms with van der Waals surface area (Å²) in [6, 6.07) is 6.19. The number of hydrogen-bond acceptors (Lipinski definition) is 2. The normalized spacial score (nSPS) is 14.4. The summed E-state index contributed by atoms with van der Waals surface area (Å²) in [5.74, 6) is -1.35. The summed E-state index contributed by atoms with van der Waals surface area (Å²) in [4.78, 5) is 11.2. The van der Waals surface area contributed by atoms with Crippen LogP contribution in [0.5, 0.6) is 0 Å². The zero-order valence-electron chi connectivity index (χ0n) is 9.24. The molecule has 88 valence electrons. The van der Waals surface area contributed by atoms with Crippen molar-refractivity contribution in [2.75, 3.05) is 6.54 Å². The van der Waals surface area contributed by atoms with Gasteiger partial charge >= 0.3 is 5.97 Å². The van der Waals surface area contributed by atoms with Crippen LogP contribution in [0.3, 0.4) is 0 Å². The van der Waals surface area contributed by atoms with E-state index in [1.54, 1.807) is 25.1 Å².